The maximum atomic E-state index is 12.7. The third-order valence-corrected chi connectivity index (χ3v) is 4.98. The zero-order valence-electron chi connectivity index (χ0n) is 15.0. The van der Waals surface area contributed by atoms with Gasteiger partial charge in [-0.15, -0.1) is 0 Å². The number of rotatable bonds is 5. The highest BCUT2D eigenvalue weighted by Gasteiger charge is 2.28. The SMILES string of the molecule is CCn1nc(-c2ncc[nH]2)c2c1CCN(C(=O)CCc1ccccc1)C2. The molecule has 1 aliphatic heterocycles. The highest BCUT2D eigenvalue weighted by atomic mass is 16.2. The number of carbonyl (C=O) groups excluding carboxylic acids is 1. The lowest BCUT2D eigenvalue weighted by Gasteiger charge is -2.28. The van der Waals surface area contributed by atoms with Crippen LogP contribution in [-0.4, -0.2) is 37.1 Å². The van der Waals surface area contributed by atoms with E-state index in [4.69, 9.17) is 5.10 Å². The molecular weight excluding hydrogens is 326 g/mol. The van der Waals surface area contributed by atoms with E-state index >= 15 is 0 Å². The van der Waals surface area contributed by atoms with Gasteiger partial charge in [-0.3, -0.25) is 9.48 Å². The van der Waals surface area contributed by atoms with Gasteiger partial charge in [-0.05, 0) is 18.9 Å². The number of amides is 1. The molecule has 1 N–H and O–H groups in total. The Bertz CT molecular complexity index is 883. The van der Waals surface area contributed by atoms with Gasteiger partial charge >= 0.3 is 0 Å². The van der Waals surface area contributed by atoms with Crippen molar-refractivity contribution in [1.29, 1.82) is 0 Å². The average Bonchev–Trinajstić information content (AvgIpc) is 3.33. The van der Waals surface area contributed by atoms with Crippen LogP contribution in [0.1, 0.15) is 30.2 Å². The van der Waals surface area contributed by atoms with Gasteiger partial charge in [-0.1, -0.05) is 30.3 Å². The molecule has 0 aliphatic carbocycles. The van der Waals surface area contributed by atoms with Crippen molar-refractivity contribution >= 4 is 5.91 Å². The first-order chi connectivity index (χ1) is 12.8. The second kappa shape index (κ2) is 7.15. The van der Waals surface area contributed by atoms with E-state index in [-0.39, 0.29) is 5.91 Å². The lowest BCUT2D eigenvalue weighted by molar-refractivity contribution is -0.132. The van der Waals surface area contributed by atoms with Crippen molar-refractivity contribution < 1.29 is 4.79 Å². The number of benzene rings is 1. The molecule has 3 aromatic rings. The average molecular weight is 349 g/mol. The molecule has 0 unspecified atom stereocenters. The minimum atomic E-state index is 0.203. The molecule has 6 heteroatoms. The Morgan fingerprint density at radius 3 is 2.85 bits per heavy atom. The van der Waals surface area contributed by atoms with Crippen LogP contribution < -0.4 is 0 Å². The third-order valence-electron chi connectivity index (χ3n) is 4.98. The van der Waals surface area contributed by atoms with Crippen LogP contribution in [0.4, 0.5) is 0 Å². The Labute approximate surface area is 152 Å². The van der Waals surface area contributed by atoms with Crippen molar-refractivity contribution in [2.45, 2.75) is 39.3 Å². The van der Waals surface area contributed by atoms with E-state index in [0.717, 1.165) is 43.0 Å². The van der Waals surface area contributed by atoms with Gasteiger partial charge in [0, 0.05) is 56.1 Å². The first-order valence-corrected chi connectivity index (χ1v) is 9.16. The number of fused-ring (bicyclic) bond motifs is 1. The number of nitrogens with zero attached hydrogens (tertiary/aromatic N) is 4. The van der Waals surface area contributed by atoms with Gasteiger partial charge in [0.25, 0.3) is 0 Å². The first-order valence-electron chi connectivity index (χ1n) is 9.16. The molecule has 3 heterocycles. The fourth-order valence-electron chi connectivity index (χ4n) is 3.60. The molecule has 4 rings (SSSR count). The molecule has 1 amide bonds. The van der Waals surface area contributed by atoms with Crippen molar-refractivity contribution in [1.82, 2.24) is 24.6 Å². The molecular formula is C20H23N5O. The van der Waals surface area contributed by atoms with Gasteiger partial charge in [0.15, 0.2) is 5.82 Å². The van der Waals surface area contributed by atoms with Gasteiger partial charge in [0.2, 0.25) is 5.91 Å². The number of nitrogens with one attached hydrogen (secondary N) is 1. The second-order valence-electron chi connectivity index (χ2n) is 6.58. The monoisotopic (exact) mass is 349 g/mol. The van der Waals surface area contributed by atoms with Crippen molar-refractivity contribution in [2.75, 3.05) is 6.54 Å². The van der Waals surface area contributed by atoms with Gasteiger partial charge in [-0.25, -0.2) is 4.98 Å². The maximum absolute atomic E-state index is 12.7. The Morgan fingerprint density at radius 1 is 1.27 bits per heavy atom. The highest BCUT2D eigenvalue weighted by molar-refractivity contribution is 5.77. The number of hydrogen-bond donors (Lipinski definition) is 1. The number of aryl methyl sites for hydroxylation is 2. The molecule has 0 radical (unpaired) electrons. The fourth-order valence-corrected chi connectivity index (χ4v) is 3.60. The van der Waals surface area contributed by atoms with E-state index < -0.39 is 0 Å². The summed E-state index contributed by atoms with van der Waals surface area (Å²) in [6.45, 7) is 4.28. The molecule has 0 saturated carbocycles. The van der Waals surface area contributed by atoms with E-state index in [1.54, 1.807) is 12.4 Å². The molecule has 0 bridgehead atoms. The van der Waals surface area contributed by atoms with Crippen LogP contribution in [0.2, 0.25) is 0 Å². The summed E-state index contributed by atoms with van der Waals surface area (Å²) in [4.78, 5) is 22.2. The number of aromatic amines is 1. The van der Waals surface area contributed by atoms with Crippen LogP contribution in [-0.2, 0) is 30.7 Å². The summed E-state index contributed by atoms with van der Waals surface area (Å²) in [6.07, 6.45) is 5.70. The van der Waals surface area contributed by atoms with Crippen molar-refractivity contribution in [2.24, 2.45) is 0 Å². The quantitative estimate of drug-likeness (QED) is 0.770. The standard InChI is InChI=1S/C20H23N5O/c1-2-25-17-10-13-24(18(26)9-8-15-6-4-3-5-7-15)14-16(17)19(23-25)20-21-11-12-22-20/h3-7,11-12H,2,8-10,13-14H2,1H3,(H,21,22). The predicted molar refractivity (Wildman–Crippen MR) is 99.4 cm³/mol. The number of carbonyl (C=O) groups is 1. The lowest BCUT2D eigenvalue weighted by Crippen LogP contribution is -2.36. The van der Waals surface area contributed by atoms with Crippen LogP contribution in [0.3, 0.4) is 0 Å². The van der Waals surface area contributed by atoms with E-state index in [2.05, 4.69) is 29.0 Å². The van der Waals surface area contributed by atoms with E-state index in [1.165, 1.54) is 11.3 Å². The van der Waals surface area contributed by atoms with Gasteiger partial charge < -0.3 is 9.88 Å². The van der Waals surface area contributed by atoms with Crippen LogP contribution >= 0.6 is 0 Å². The summed E-state index contributed by atoms with van der Waals surface area (Å²) in [7, 11) is 0. The third kappa shape index (κ3) is 3.14. The zero-order valence-corrected chi connectivity index (χ0v) is 15.0. The van der Waals surface area contributed by atoms with Crippen LogP contribution in [0.15, 0.2) is 42.7 Å². The Balaban J connectivity index is 1.51. The minimum absolute atomic E-state index is 0.203. The second-order valence-corrected chi connectivity index (χ2v) is 6.58. The van der Waals surface area contributed by atoms with E-state index in [0.29, 0.717) is 13.0 Å². The zero-order chi connectivity index (χ0) is 17.9. The molecule has 0 spiro atoms. The minimum Gasteiger partial charge on any atom is -0.343 e. The summed E-state index contributed by atoms with van der Waals surface area (Å²) in [5.41, 5.74) is 4.42. The first kappa shape index (κ1) is 16.6. The fraction of sp³-hybridized carbons (Fsp3) is 0.350. The van der Waals surface area contributed by atoms with Crippen LogP contribution in [0.25, 0.3) is 11.5 Å². The number of imidazole rings is 1. The molecule has 0 atom stereocenters. The molecule has 26 heavy (non-hydrogen) atoms. The maximum Gasteiger partial charge on any atom is 0.223 e. The summed E-state index contributed by atoms with van der Waals surface area (Å²) >= 11 is 0. The van der Waals surface area contributed by atoms with Gasteiger partial charge in [0.05, 0.1) is 0 Å². The predicted octanol–water partition coefficient (Wildman–Crippen LogP) is 2.81. The Kier molecular flexibility index (Phi) is 4.56. The highest BCUT2D eigenvalue weighted by Crippen LogP contribution is 2.28. The summed E-state index contributed by atoms with van der Waals surface area (Å²) in [5.74, 6) is 0.973. The number of hydrogen-bond acceptors (Lipinski definition) is 3. The largest absolute Gasteiger partial charge is 0.343 e. The van der Waals surface area contributed by atoms with Crippen LogP contribution in [0, 0.1) is 0 Å². The molecule has 6 nitrogen and oxygen atoms in total. The summed E-state index contributed by atoms with van der Waals surface area (Å²) in [6, 6.07) is 10.2. The van der Waals surface area contributed by atoms with Crippen molar-refractivity contribution in [3.05, 3.63) is 59.5 Å². The normalized spacial score (nSPS) is 13.7. The van der Waals surface area contributed by atoms with E-state index in [9.17, 15) is 4.79 Å². The van der Waals surface area contributed by atoms with Crippen molar-refractivity contribution in [3.8, 4) is 11.5 Å². The molecule has 134 valence electrons. The summed E-state index contributed by atoms with van der Waals surface area (Å²) < 4.78 is 2.04. The van der Waals surface area contributed by atoms with E-state index in [1.807, 2.05) is 27.8 Å². The summed E-state index contributed by atoms with van der Waals surface area (Å²) in [5, 5.41) is 4.73. The smallest absolute Gasteiger partial charge is 0.223 e. The molecule has 2 aromatic heterocycles. The van der Waals surface area contributed by atoms with Gasteiger partial charge in [0.1, 0.15) is 5.69 Å². The lowest BCUT2D eigenvalue weighted by atomic mass is 10.0. The number of aromatic nitrogens is 4. The topological polar surface area (TPSA) is 66.8 Å². The molecule has 0 fully saturated rings. The van der Waals surface area contributed by atoms with Crippen LogP contribution in [0.5, 0.6) is 0 Å². The molecule has 1 aromatic carbocycles. The number of H-pyrrole nitrogens is 1. The van der Waals surface area contributed by atoms with Gasteiger partial charge in [-0.2, -0.15) is 5.10 Å². The molecule has 1 aliphatic rings. The Morgan fingerprint density at radius 2 is 2.12 bits per heavy atom. The van der Waals surface area contributed by atoms with Crippen molar-refractivity contribution in [3.63, 3.8) is 0 Å². The molecule has 0 saturated heterocycles. The Hall–Kier alpha value is -2.89.